The predicted molar refractivity (Wildman–Crippen MR) is 126 cm³/mol. The fourth-order valence-corrected chi connectivity index (χ4v) is 4.31. The van der Waals surface area contributed by atoms with Crippen LogP contribution in [0.4, 0.5) is 21.0 Å². The monoisotopic (exact) mass is 504 g/mol. The molecule has 0 unspecified atom stereocenters. The number of hydrogen-bond donors (Lipinski definition) is 4. The third kappa shape index (κ3) is 5.16. The van der Waals surface area contributed by atoms with Crippen LogP contribution in [0.15, 0.2) is 18.3 Å². The molecule has 2 aliphatic rings. The topological polar surface area (TPSA) is 138 Å². The molecule has 0 spiro atoms. The number of alkyl halides is 1. The Hall–Kier alpha value is -3.41. The summed E-state index contributed by atoms with van der Waals surface area (Å²) in [5.41, 5.74) is 1.28. The molecule has 11 nitrogen and oxygen atoms in total. The Morgan fingerprint density at radius 2 is 2.03 bits per heavy atom. The SMILES string of the molecule is CC(C)NC(=O)O[C@@H]1CC[C@H](c2cc(Nc3nc(Cl)cc4nc(C(=O)NC5CC5)cn34)n[nH]2)[C@H]1F. The van der Waals surface area contributed by atoms with E-state index in [4.69, 9.17) is 16.3 Å². The molecule has 186 valence electrons. The second-order valence-electron chi connectivity index (χ2n) is 9.21. The summed E-state index contributed by atoms with van der Waals surface area (Å²) < 4.78 is 21.9. The number of nitrogens with one attached hydrogen (secondary N) is 4. The molecule has 13 heteroatoms. The van der Waals surface area contributed by atoms with Crippen LogP contribution in [0.25, 0.3) is 5.65 Å². The molecule has 0 aliphatic heterocycles. The van der Waals surface area contributed by atoms with Crippen molar-refractivity contribution in [3.05, 3.63) is 34.9 Å². The zero-order chi connectivity index (χ0) is 24.7. The Morgan fingerprint density at radius 3 is 2.77 bits per heavy atom. The Kier molecular flexibility index (Phi) is 6.22. The average molecular weight is 505 g/mol. The standard InChI is InChI=1S/C22H26ClFN8O3/c1-10(2)25-22(34)35-15-6-5-12(19(15)24)13-7-17(31-30-13)29-21-28-16(23)8-18-27-14(9-32(18)21)20(33)26-11-3-4-11/h7-12,15,19H,3-6H2,1-2H3,(H,25,34)(H,26,33)(H2,28,29,30,31)/t12-,15-,19-/m1/s1. The zero-order valence-electron chi connectivity index (χ0n) is 19.2. The average Bonchev–Trinajstić information content (AvgIpc) is 3.15. The molecule has 2 saturated carbocycles. The van der Waals surface area contributed by atoms with Gasteiger partial charge < -0.3 is 20.7 Å². The smallest absolute Gasteiger partial charge is 0.407 e. The molecule has 2 fully saturated rings. The van der Waals surface area contributed by atoms with Gasteiger partial charge in [-0.2, -0.15) is 5.10 Å². The van der Waals surface area contributed by atoms with E-state index in [0.29, 0.717) is 35.9 Å². The van der Waals surface area contributed by atoms with Gasteiger partial charge in [-0.05, 0) is 39.5 Å². The van der Waals surface area contributed by atoms with Crippen molar-refractivity contribution in [2.24, 2.45) is 0 Å². The first-order valence-corrected chi connectivity index (χ1v) is 11.9. The number of ether oxygens (including phenoxy) is 1. The van der Waals surface area contributed by atoms with Crippen LogP contribution in [0.5, 0.6) is 0 Å². The largest absolute Gasteiger partial charge is 0.443 e. The van der Waals surface area contributed by atoms with Gasteiger partial charge in [0.05, 0.1) is 0 Å². The third-order valence-corrected chi connectivity index (χ3v) is 6.16. The number of anilines is 2. The maximum atomic E-state index is 15.1. The number of imidazole rings is 1. The lowest BCUT2D eigenvalue weighted by Crippen LogP contribution is -2.36. The molecule has 0 aromatic carbocycles. The van der Waals surface area contributed by atoms with Crippen LogP contribution in [-0.2, 0) is 4.74 Å². The van der Waals surface area contributed by atoms with Crippen molar-refractivity contribution in [3.8, 4) is 0 Å². The number of carbonyl (C=O) groups excluding carboxylic acids is 2. The van der Waals surface area contributed by atoms with Gasteiger partial charge in [0.2, 0.25) is 5.95 Å². The molecule has 3 atom stereocenters. The fraction of sp³-hybridized carbons (Fsp3) is 0.500. The van der Waals surface area contributed by atoms with Gasteiger partial charge in [0.25, 0.3) is 5.91 Å². The van der Waals surface area contributed by atoms with E-state index >= 15 is 4.39 Å². The minimum Gasteiger partial charge on any atom is -0.443 e. The number of fused-ring (bicyclic) bond motifs is 1. The van der Waals surface area contributed by atoms with Crippen molar-refractivity contribution in [1.82, 2.24) is 35.2 Å². The second kappa shape index (κ2) is 9.33. The summed E-state index contributed by atoms with van der Waals surface area (Å²) >= 11 is 6.16. The number of hydrogen-bond acceptors (Lipinski definition) is 7. The molecule has 0 saturated heterocycles. The van der Waals surface area contributed by atoms with Crippen molar-refractivity contribution in [2.75, 3.05) is 5.32 Å². The molecule has 0 radical (unpaired) electrons. The maximum absolute atomic E-state index is 15.1. The molecule has 4 N–H and O–H groups in total. The van der Waals surface area contributed by atoms with Gasteiger partial charge in [0.15, 0.2) is 5.82 Å². The van der Waals surface area contributed by atoms with Gasteiger partial charge in [0, 0.05) is 42.0 Å². The molecule has 3 aromatic rings. The summed E-state index contributed by atoms with van der Waals surface area (Å²) in [4.78, 5) is 32.9. The summed E-state index contributed by atoms with van der Waals surface area (Å²) in [5.74, 6) is -0.0521. The van der Waals surface area contributed by atoms with Crippen LogP contribution in [0.2, 0.25) is 5.15 Å². The van der Waals surface area contributed by atoms with E-state index in [-0.39, 0.29) is 28.8 Å². The van der Waals surface area contributed by atoms with Crippen molar-refractivity contribution in [1.29, 1.82) is 0 Å². The maximum Gasteiger partial charge on any atom is 0.407 e. The number of carbonyl (C=O) groups is 2. The summed E-state index contributed by atoms with van der Waals surface area (Å²) in [6.45, 7) is 3.61. The van der Waals surface area contributed by atoms with Crippen molar-refractivity contribution in [2.45, 2.75) is 69.8 Å². The number of nitrogens with zero attached hydrogens (tertiary/aromatic N) is 4. The highest BCUT2D eigenvalue weighted by Gasteiger charge is 2.41. The first kappa shape index (κ1) is 23.3. The van der Waals surface area contributed by atoms with Crippen LogP contribution < -0.4 is 16.0 Å². The Balaban J connectivity index is 1.30. The molecule has 5 rings (SSSR count). The van der Waals surface area contributed by atoms with Gasteiger partial charge in [0.1, 0.15) is 28.8 Å². The summed E-state index contributed by atoms with van der Waals surface area (Å²) in [5, 5.41) is 15.8. The molecule has 3 heterocycles. The van der Waals surface area contributed by atoms with Gasteiger partial charge in [-0.3, -0.25) is 14.3 Å². The van der Waals surface area contributed by atoms with E-state index in [1.165, 1.54) is 0 Å². The summed E-state index contributed by atoms with van der Waals surface area (Å²) in [7, 11) is 0. The van der Waals surface area contributed by atoms with E-state index in [1.807, 2.05) is 0 Å². The normalized spacial score (nSPS) is 21.9. The minimum absolute atomic E-state index is 0.0928. The fourth-order valence-electron chi connectivity index (χ4n) is 4.13. The van der Waals surface area contributed by atoms with Crippen molar-refractivity contribution in [3.63, 3.8) is 0 Å². The summed E-state index contributed by atoms with van der Waals surface area (Å²) in [6, 6.07) is 3.35. The number of amides is 2. The number of alkyl carbamates (subject to hydrolysis) is 1. The van der Waals surface area contributed by atoms with Crippen LogP contribution in [0.1, 0.15) is 61.6 Å². The van der Waals surface area contributed by atoms with E-state index in [0.717, 1.165) is 12.8 Å². The van der Waals surface area contributed by atoms with Crippen molar-refractivity contribution < 1.29 is 18.7 Å². The molecule has 35 heavy (non-hydrogen) atoms. The third-order valence-electron chi connectivity index (χ3n) is 5.97. The lowest BCUT2D eigenvalue weighted by atomic mass is 10.0. The number of aromatic amines is 1. The number of rotatable bonds is 7. The first-order chi connectivity index (χ1) is 16.8. The van der Waals surface area contributed by atoms with Crippen LogP contribution in [0.3, 0.4) is 0 Å². The highest BCUT2D eigenvalue weighted by molar-refractivity contribution is 6.29. The first-order valence-electron chi connectivity index (χ1n) is 11.6. The lowest BCUT2D eigenvalue weighted by Gasteiger charge is -2.18. The van der Waals surface area contributed by atoms with Gasteiger partial charge in [-0.25, -0.2) is 19.2 Å². The zero-order valence-corrected chi connectivity index (χ0v) is 20.0. The second-order valence-corrected chi connectivity index (χ2v) is 9.60. The minimum atomic E-state index is -1.36. The lowest BCUT2D eigenvalue weighted by molar-refractivity contribution is 0.0555. The molecular weight excluding hydrogens is 479 g/mol. The molecule has 2 aliphatic carbocycles. The van der Waals surface area contributed by atoms with Crippen molar-refractivity contribution >= 4 is 41.0 Å². The van der Waals surface area contributed by atoms with E-state index < -0.39 is 24.3 Å². The van der Waals surface area contributed by atoms with Crippen LogP contribution >= 0.6 is 11.6 Å². The van der Waals surface area contributed by atoms with Gasteiger partial charge in [-0.1, -0.05) is 11.6 Å². The number of H-pyrrole nitrogens is 1. The van der Waals surface area contributed by atoms with E-state index in [9.17, 15) is 9.59 Å². The van der Waals surface area contributed by atoms with Crippen LogP contribution in [0, 0.1) is 0 Å². The number of halogens is 2. The highest BCUT2D eigenvalue weighted by atomic mass is 35.5. The molecular formula is C22H26ClFN8O3. The van der Waals surface area contributed by atoms with Gasteiger partial charge in [-0.15, -0.1) is 0 Å². The highest BCUT2D eigenvalue weighted by Crippen LogP contribution is 2.38. The van der Waals surface area contributed by atoms with E-state index in [2.05, 4.69) is 36.1 Å². The molecule has 0 bridgehead atoms. The Labute approximate surface area is 205 Å². The Bertz CT molecular complexity index is 1260. The predicted octanol–water partition coefficient (Wildman–Crippen LogP) is 3.46. The molecule has 3 aromatic heterocycles. The quantitative estimate of drug-likeness (QED) is 0.361. The molecule has 2 amide bonds. The Morgan fingerprint density at radius 1 is 1.23 bits per heavy atom. The van der Waals surface area contributed by atoms with E-state index in [1.54, 1.807) is 36.6 Å². The number of aromatic nitrogens is 5. The van der Waals surface area contributed by atoms with Crippen LogP contribution in [-0.4, -0.2) is 60.9 Å². The van der Waals surface area contributed by atoms with Gasteiger partial charge >= 0.3 is 6.09 Å². The summed E-state index contributed by atoms with van der Waals surface area (Å²) in [6.07, 6.45) is 1.63.